The van der Waals surface area contributed by atoms with E-state index in [1.807, 2.05) is 0 Å². The van der Waals surface area contributed by atoms with E-state index in [9.17, 15) is 13.2 Å². The topological polar surface area (TPSA) is 71.4 Å². The second-order valence-electron chi connectivity index (χ2n) is 3.90. The van der Waals surface area contributed by atoms with E-state index in [2.05, 4.69) is 31.9 Å². The summed E-state index contributed by atoms with van der Waals surface area (Å²) in [7, 11) is -3.62. The third-order valence-corrected chi connectivity index (χ3v) is 7.26. The van der Waals surface area contributed by atoms with Crippen LogP contribution in [0.15, 0.2) is 43.5 Å². The van der Waals surface area contributed by atoms with Gasteiger partial charge in [-0.1, -0.05) is 0 Å². The Kier molecular flexibility index (Phi) is 4.68. The Bertz CT molecular complexity index is 766. The molecule has 0 radical (unpaired) electrons. The van der Waals surface area contributed by atoms with Crippen LogP contribution in [0.25, 0.3) is 0 Å². The Balaban J connectivity index is 2.46. The average Bonchev–Trinajstić information content (AvgIpc) is 2.74. The molecule has 0 atom stereocenters. The summed E-state index contributed by atoms with van der Waals surface area (Å²) in [6, 6.07) is 5.73. The number of halogens is 2. The molecule has 20 heavy (non-hydrogen) atoms. The van der Waals surface area contributed by atoms with Crippen molar-refractivity contribution >= 4 is 59.0 Å². The molecule has 0 saturated carbocycles. The van der Waals surface area contributed by atoms with Gasteiger partial charge in [-0.15, -0.1) is 11.3 Å². The third-order valence-electron chi connectivity index (χ3n) is 2.53. The normalized spacial score (nSPS) is 11.5. The summed E-state index contributed by atoms with van der Waals surface area (Å²) in [5.74, 6) is -1.33. The molecule has 1 heterocycles. The summed E-state index contributed by atoms with van der Waals surface area (Å²) >= 11 is 7.78. The lowest BCUT2D eigenvalue weighted by Gasteiger charge is -2.07. The smallest absolute Gasteiger partial charge is 0.335 e. The Morgan fingerprint density at radius 2 is 1.90 bits per heavy atom. The number of hydrogen-bond donors (Lipinski definition) is 1. The standard InChI is InChI=1S/C12H8Br2O4S2/c13-8-3-4-19-10(8)6-20(17,18)11-5-7(12(15)16)1-2-9(11)14/h1-5H,6H2,(H,15,16). The lowest BCUT2D eigenvalue weighted by molar-refractivity contribution is 0.0696. The van der Waals surface area contributed by atoms with Gasteiger partial charge in [0, 0.05) is 13.8 Å². The van der Waals surface area contributed by atoms with Crippen molar-refractivity contribution in [3.63, 3.8) is 0 Å². The predicted molar refractivity (Wildman–Crippen MR) is 84.0 cm³/mol. The van der Waals surface area contributed by atoms with Crippen LogP contribution in [0.2, 0.25) is 0 Å². The van der Waals surface area contributed by atoms with Crippen LogP contribution >= 0.6 is 43.2 Å². The van der Waals surface area contributed by atoms with Gasteiger partial charge in [0.15, 0.2) is 9.84 Å². The van der Waals surface area contributed by atoms with Crippen molar-refractivity contribution in [2.24, 2.45) is 0 Å². The number of carboxylic acids is 1. The third kappa shape index (κ3) is 3.30. The van der Waals surface area contributed by atoms with E-state index in [0.717, 1.165) is 4.47 Å². The minimum atomic E-state index is -3.62. The maximum absolute atomic E-state index is 12.4. The average molecular weight is 440 g/mol. The summed E-state index contributed by atoms with van der Waals surface area (Å²) in [6.45, 7) is 0. The lowest BCUT2D eigenvalue weighted by Crippen LogP contribution is -2.07. The maximum Gasteiger partial charge on any atom is 0.335 e. The minimum Gasteiger partial charge on any atom is -0.478 e. The Morgan fingerprint density at radius 3 is 2.45 bits per heavy atom. The molecule has 0 saturated heterocycles. The highest BCUT2D eigenvalue weighted by atomic mass is 79.9. The highest BCUT2D eigenvalue weighted by molar-refractivity contribution is 9.10. The fraction of sp³-hybridized carbons (Fsp3) is 0.0833. The lowest BCUT2D eigenvalue weighted by atomic mass is 10.2. The molecule has 0 spiro atoms. The van der Waals surface area contributed by atoms with Gasteiger partial charge in [0.2, 0.25) is 0 Å². The molecule has 0 bridgehead atoms. The van der Waals surface area contributed by atoms with E-state index >= 15 is 0 Å². The quantitative estimate of drug-likeness (QED) is 0.782. The van der Waals surface area contributed by atoms with Gasteiger partial charge in [-0.2, -0.15) is 0 Å². The summed E-state index contributed by atoms with van der Waals surface area (Å²) in [5.41, 5.74) is -0.0583. The summed E-state index contributed by atoms with van der Waals surface area (Å²) in [4.78, 5) is 11.6. The fourth-order valence-corrected chi connectivity index (χ4v) is 6.07. The van der Waals surface area contributed by atoms with E-state index < -0.39 is 15.8 Å². The fourth-order valence-electron chi connectivity index (χ4n) is 1.55. The second kappa shape index (κ2) is 5.97. The molecule has 8 heteroatoms. The van der Waals surface area contributed by atoms with Gasteiger partial charge < -0.3 is 5.11 Å². The monoisotopic (exact) mass is 438 g/mol. The number of aromatic carboxylic acids is 1. The van der Waals surface area contributed by atoms with Gasteiger partial charge in [0.25, 0.3) is 0 Å². The van der Waals surface area contributed by atoms with E-state index in [4.69, 9.17) is 5.11 Å². The summed E-state index contributed by atoms with van der Waals surface area (Å²) in [6.07, 6.45) is 0. The molecule has 1 aromatic carbocycles. The molecular weight excluding hydrogens is 432 g/mol. The highest BCUT2D eigenvalue weighted by Crippen LogP contribution is 2.30. The first-order chi connectivity index (χ1) is 9.31. The molecule has 2 rings (SSSR count). The van der Waals surface area contributed by atoms with Gasteiger partial charge in [0.1, 0.15) is 0 Å². The van der Waals surface area contributed by atoms with Crippen LogP contribution in [0.1, 0.15) is 15.2 Å². The van der Waals surface area contributed by atoms with E-state index in [0.29, 0.717) is 9.35 Å². The molecule has 1 aromatic heterocycles. The van der Waals surface area contributed by atoms with Gasteiger partial charge >= 0.3 is 5.97 Å². The van der Waals surface area contributed by atoms with Crippen molar-refractivity contribution in [1.29, 1.82) is 0 Å². The minimum absolute atomic E-state index is 0.0160. The molecule has 4 nitrogen and oxygen atoms in total. The molecular formula is C12H8Br2O4S2. The molecule has 0 aliphatic heterocycles. The van der Waals surface area contributed by atoms with Crippen LogP contribution < -0.4 is 0 Å². The van der Waals surface area contributed by atoms with Gasteiger partial charge in [0.05, 0.1) is 16.2 Å². The molecule has 1 N–H and O–H groups in total. The van der Waals surface area contributed by atoms with E-state index in [1.54, 1.807) is 11.4 Å². The van der Waals surface area contributed by atoms with Crippen molar-refractivity contribution in [3.05, 3.63) is 49.0 Å². The molecule has 0 unspecified atom stereocenters. The molecule has 0 amide bonds. The number of rotatable bonds is 4. The van der Waals surface area contributed by atoms with Gasteiger partial charge in [-0.25, -0.2) is 13.2 Å². The maximum atomic E-state index is 12.4. The number of sulfone groups is 1. The summed E-state index contributed by atoms with van der Waals surface area (Å²) < 4.78 is 25.9. The number of carbonyl (C=O) groups is 1. The van der Waals surface area contributed by atoms with Crippen molar-refractivity contribution in [2.45, 2.75) is 10.6 Å². The van der Waals surface area contributed by atoms with Crippen molar-refractivity contribution in [3.8, 4) is 0 Å². The predicted octanol–water partition coefficient (Wildman–Crippen LogP) is 3.95. The molecule has 0 aliphatic carbocycles. The SMILES string of the molecule is O=C(O)c1ccc(Br)c(S(=O)(=O)Cc2sccc2Br)c1. The van der Waals surface area contributed by atoms with E-state index in [-0.39, 0.29) is 16.2 Å². The Labute approximate surface area is 136 Å². The van der Waals surface area contributed by atoms with Crippen molar-refractivity contribution in [1.82, 2.24) is 0 Å². The van der Waals surface area contributed by atoms with Crippen LogP contribution in [0.4, 0.5) is 0 Å². The van der Waals surface area contributed by atoms with Gasteiger partial charge in [-0.05, 0) is 61.5 Å². The first-order valence-corrected chi connectivity index (χ1v) is 9.40. The van der Waals surface area contributed by atoms with Crippen LogP contribution in [0.5, 0.6) is 0 Å². The Hall–Kier alpha value is -0.700. The number of hydrogen-bond acceptors (Lipinski definition) is 4. The molecule has 2 aromatic rings. The zero-order valence-electron chi connectivity index (χ0n) is 9.84. The number of carboxylic acid groups (broad SMARTS) is 1. The van der Waals surface area contributed by atoms with Gasteiger partial charge in [-0.3, -0.25) is 0 Å². The Morgan fingerprint density at radius 1 is 1.20 bits per heavy atom. The largest absolute Gasteiger partial charge is 0.478 e. The number of thiophene rings is 1. The second-order valence-corrected chi connectivity index (χ2v) is 8.57. The van der Waals surface area contributed by atoms with Crippen molar-refractivity contribution < 1.29 is 18.3 Å². The highest BCUT2D eigenvalue weighted by Gasteiger charge is 2.22. The van der Waals surface area contributed by atoms with E-state index in [1.165, 1.54) is 29.5 Å². The van der Waals surface area contributed by atoms with Crippen LogP contribution in [-0.2, 0) is 15.6 Å². The van der Waals surface area contributed by atoms with Crippen LogP contribution in [0.3, 0.4) is 0 Å². The molecule has 106 valence electrons. The zero-order valence-corrected chi connectivity index (χ0v) is 14.6. The van der Waals surface area contributed by atoms with Crippen LogP contribution in [0, 0.1) is 0 Å². The van der Waals surface area contributed by atoms with Crippen LogP contribution in [-0.4, -0.2) is 19.5 Å². The summed E-state index contributed by atoms with van der Waals surface area (Å²) in [5, 5.41) is 10.7. The molecule has 0 fully saturated rings. The first-order valence-electron chi connectivity index (χ1n) is 5.29. The zero-order chi connectivity index (χ0) is 14.9. The molecule has 0 aliphatic rings. The van der Waals surface area contributed by atoms with Crippen molar-refractivity contribution in [2.75, 3.05) is 0 Å². The first kappa shape index (κ1) is 15.7. The number of benzene rings is 1.